The average molecular weight is 238 g/mol. The van der Waals surface area contributed by atoms with Crippen molar-refractivity contribution >= 4 is 22.5 Å². The average Bonchev–Trinajstić information content (AvgIpc) is 2.55. The standard InChI is InChI=1S/C12H16ClN3/c1-12(2,7-14)9-6-4-5-8-10(9)16(3)15-11(8)13/h4-6H,7,14H2,1-3H3. The van der Waals surface area contributed by atoms with Crippen LogP contribution in [0, 0.1) is 0 Å². The lowest BCUT2D eigenvalue weighted by atomic mass is 9.83. The Hall–Kier alpha value is -1.06. The molecule has 0 aliphatic rings. The monoisotopic (exact) mass is 237 g/mol. The zero-order chi connectivity index (χ0) is 11.9. The van der Waals surface area contributed by atoms with Crippen molar-refractivity contribution in [2.75, 3.05) is 6.54 Å². The number of hydrogen-bond acceptors (Lipinski definition) is 2. The quantitative estimate of drug-likeness (QED) is 0.872. The predicted octanol–water partition coefficient (Wildman–Crippen LogP) is 2.46. The Kier molecular flexibility index (Phi) is 2.68. The van der Waals surface area contributed by atoms with Crippen LogP contribution in [0.3, 0.4) is 0 Å². The minimum atomic E-state index is -0.0728. The van der Waals surface area contributed by atoms with E-state index in [4.69, 9.17) is 17.3 Å². The summed E-state index contributed by atoms with van der Waals surface area (Å²) < 4.78 is 1.82. The molecule has 86 valence electrons. The maximum Gasteiger partial charge on any atom is 0.158 e. The first-order valence-corrected chi connectivity index (χ1v) is 5.67. The molecule has 2 aromatic rings. The number of nitrogens with two attached hydrogens (primary N) is 1. The van der Waals surface area contributed by atoms with Crippen molar-refractivity contribution in [3.63, 3.8) is 0 Å². The lowest BCUT2D eigenvalue weighted by Gasteiger charge is -2.24. The SMILES string of the molecule is Cn1nc(Cl)c2cccc(C(C)(C)CN)c21. The lowest BCUT2D eigenvalue weighted by molar-refractivity contribution is 0.540. The van der Waals surface area contributed by atoms with Crippen LogP contribution in [-0.2, 0) is 12.5 Å². The summed E-state index contributed by atoms with van der Waals surface area (Å²) in [7, 11) is 1.91. The summed E-state index contributed by atoms with van der Waals surface area (Å²) in [5.74, 6) is 0. The number of benzene rings is 1. The highest BCUT2D eigenvalue weighted by Crippen LogP contribution is 2.32. The van der Waals surface area contributed by atoms with E-state index in [1.54, 1.807) is 0 Å². The van der Waals surface area contributed by atoms with E-state index in [2.05, 4.69) is 25.0 Å². The Morgan fingerprint density at radius 3 is 2.75 bits per heavy atom. The topological polar surface area (TPSA) is 43.8 Å². The Morgan fingerprint density at radius 1 is 1.44 bits per heavy atom. The van der Waals surface area contributed by atoms with Gasteiger partial charge in [0.25, 0.3) is 0 Å². The van der Waals surface area contributed by atoms with Gasteiger partial charge in [0, 0.05) is 24.4 Å². The molecule has 0 saturated carbocycles. The first-order valence-electron chi connectivity index (χ1n) is 5.29. The van der Waals surface area contributed by atoms with Crippen molar-refractivity contribution < 1.29 is 0 Å². The first-order chi connectivity index (χ1) is 7.47. The van der Waals surface area contributed by atoms with E-state index in [0.29, 0.717) is 11.7 Å². The molecule has 4 heteroatoms. The second kappa shape index (κ2) is 3.75. The van der Waals surface area contributed by atoms with Crippen molar-refractivity contribution in [3.8, 4) is 0 Å². The number of hydrogen-bond donors (Lipinski definition) is 1. The van der Waals surface area contributed by atoms with Crippen LogP contribution < -0.4 is 5.73 Å². The molecule has 3 nitrogen and oxygen atoms in total. The predicted molar refractivity (Wildman–Crippen MR) is 67.8 cm³/mol. The highest BCUT2D eigenvalue weighted by atomic mass is 35.5. The summed E-state index contributed by atoms with van der Waals surface area (Å²) in [6.45, 7) is 4.85. The minimum Gasteiger partial charge on any atom is -0.330 e. The van der Waals surface area contributed by atoms with E-state index in [1.807, 2.05) is 23.9 Å². The van der Waals surface area contributed by atoms with Gasteiger partial charge in [-0.05, 0) is 11.6 Å². The highest BCUT2D eigenvalue weighted by Gasteiger charge is 2.23. The number of fused-ring (bicyclic) bond motifs is 1. The van der Waals surface area contributed by atoms with Gasteiger partial charge in [-0.25, -0.2) is 0 Å². The van der Waals surface area contributed by atoms with E-state index in [0.717, 1.165) is 10.9 Å². The molecular formula is C12H16ClN3. The molecule has 0 aliphatic carbocycles. The molecule has 0 aliphatic heterocycles. The molecule has 0 saturated heterocycles. The maximum atomic E-state index is 6.08. The van der Waals surface area contributed by atoms with Gasteiger partial charge in [0.1, 0.15) is 0 Å². The second-order valence-electron chi connectivity index (χ2n) is 4.70. The third-order valence-electron chi connectivity index (χ3n) is 3.06. The zero-order valence-electron chi connectivity index (χ0n) is 9.79. The molecule has 1 heterocycles. The molecule has 0 spiro atoms. The van der Waals surface area contributed by atoms with Crippen molar-refractivity contribution in [3.05, 3.63) is 28.9 Å². The second-order valence-corrected chi connectivity index (χ2v) is 5.06. The van der Waals surface area contributed by atoms with E-state index in [-0.39, 0.29) is 5.41 Å². The minimum absolute atomic E-state index is 0.0728. The molecule has 16 heavy (non-hydrogen) atoms. The molecule has 0 fully saturated rings. The molecule has 2 N–H and O–H groups in total. The van der Waals surface area contributed by atoms with Gasteiger partial charge in [0.05, 0.1) is 5.52 Å². The van der Waals surface area contributed by atoms with E-state index in [9.17, 15) is 0 Å². The molecule has 1 aromatic heterocycles. The van der Waals surface area contributed by atoms with Gasteiger partial charge in [-0.1, -0.05) is 37.6 Å². The molecule has 0 bridgehead atoms. The van der Waals surface area contributed by atoms with E-state index in [1.165, 1.54) is 5.56 Å². The van der Waals surface area contributed by atoms with Crippen LogP contribution in [0.5, 0.6) is 0 Å². The van der Waals surface area contributed by atoms with Gasteiger partial charge >= 0.3 is 0 Å². The zero-order valence-corrected chi connectivity index (χ0v) is 10.5. The third-order valence-corrected chi connectivity index (χ3v) is 3.34. The number of aryl methyl sites for hydroxylation is 1. The summed E-state index contributed by atoms with van der Waals surface area (Å²) >= 11 is 6.08. The fourth-order valence-corrected chi connectivity index (χ4v) is 2.22. The summed E-state index contributed by atoms with van der Waals surface area (Å²) in [4.78, 5) is 0. The van der Waals surface area contributed by atoms with Crippen LogP contribution in [-0.4, -0.2) is 16.3 Å². The van der Waals surface area contributed by atoms with Crippen LogP contribution in [0.4, 0.5) is 0 Å². The summed E-state index contributed by atoms with van der Waals surface area (Å²) in [5.41, 5.74) is 8.01. The normalized spacial score (nSPS) is 12.3. The summed E-state index contributed by atoms with van der Waals surface area (Å²) in [6.07, 6.45) is 0. The first kappa shape index (κ1) is 11.4. The molecule has 0 amide bonds. The summed E-state index contributed by atoms with van der Waals surface area (Å²) in [6, 6.07) is 6.08. The Morgan fingerprint density at radius 2 is 2.12 bits per heavy atom. The van der Waals surface area contributed by atoms with Crippen LogP contribution in [0.25, 0.3) is 10.9 Å². The maximum absolute atomic E-state index is 6.08. The van der Waals surface area contributed by atoms with Crippen LogP contribution in [0.15, 0.2) is 18.2 Å². The largest absolute Gasteiger partial charge is 0.330 e. The third kappa shape index (κ3) is 1.60. The number of halogens is 1. The smallest absolute Gasteiger partial charge is 0.158 e. The molecule has 1 aromatic carbocycles. The van der Waals surface area contributed by atoms with Gasteiger partial charge in [0.2, 0.25) is 0 Å². The molecule has 0 radical (unpaired) electrons. The Bertz CT molecular complexity index is 528. The highest BCUT2D eigenvalue weighted by molar-refractivity contribution is 6.34. The fourth-order valence-electron chi connectivity index (χ4n) is 1.95. The van der Waals surface area contributed by atoms with Crippen LogP contribution in [0.1, 0.15) is 19.4 Å². The number of aromatic nitrogens is 2. The number of nitrogens with zero attached hydrogens (tertiary/aromatic N) is 2. The van der Waals surface area contributed by atoms with Crippen molar-refractivity contribution in [1.82, 2.24) is 9.78 Å². The number of para-hydroxylation sites is 1. The van der Waals surface area contributed by atoms with E-state index >= 15 is 0 Å². The van der Waals surface area contributed by atoms with Crippen LogP contribution in [0.2, 0.25) is 5.15 Å². The fraction of sp³-hybridized carbons (Fsp3) is 0.417. The van der Waals surface area contributed by atoms with Gasteiger partial charge < -0.3 is 5.73 Å². The van der Waals surface area contributed by atoms with Crippen molar-refractivity contribution in [2.45, 2.75) is 19.3 Å². The van der Waals surface area contributed by atoms with E-state index < -0.39 is 0 Å². The Labute approximate surface area is 100 Å². The van der Waals surface area contributed by atoms with Crippen LogP contribution >= 0.6 is 11.6 Å². The summed E-state index contributed by atoms with van der Waals surface area (Å²) in [5, 5.41) is 5.78. The van der Waals surface area contributed by atoms with Gasteiger partial charge in [-0.15, -0.1) is 0 Å². The van der Waals surface area contributed by atoms with Crippen molar-refractivity contribution in [1.29, 1.82) is 0 Å². The molecule has 2 rings (SSSR count). The molecule has 0 unspecified atom stereocenters. The van der Waals surface area contributed by atoms with Gasteiger partial charge in [0.15, 0.2) is 5.15 Å². The van der Waals surface area contributed by atoms with Gasteiger partial charge in [-0.3, -0.25) is 4.68 Å². The number of rotatable bonds is 2. The van der Waals surface area contributed by atoms with Gasteiger partial charge in [-0.2, -0.15) is 5.10 Å². The molecular weight excluding hydrogens is 222 g/mol. The van der Waals surface area contributed by atoms with Crippen molar-refractivity contribution in [2.24, 2.45) is 12.8 Å². The molecule has 0 atom stereocenters. The Balaban J connectivity index is 2.81. The lowest BCUT2D eigenvalue weighted by Crippen LogP contribution is -2.28.